The van der Waals surface area contributed by atoms with Crippen LogP contribution in [-0.2, 0) is 20.1 Å². The van der Waals surface area contributed by atoms with Crippen molar-refractivity contribution in [3.05, 3.63) is 164 Å². The molecule has 0 aliphatic rings. The van der Waals surface area contributed by atoms with Crippen molar-refractivity contribution in [2.45, 2.75) is 39.4 Å². The van der Waals surface area contributed by atoms with Gasteiger partial charge in [0.2, 0.25) is 0 Å². The Bertz CT molecular complexity index is 2380. The Morgan fingerprint density at radius 2 is 1.31 bits per heavy atom. The summed E-state index contributed by atoms with van der Waals surface area (Å²) in [5.41, 5.74) is 10.5. The van der Waals surface area contributed by atoms with Crippen molar-refractivity contribution in [3.63, 3.8) is 0 Å². The molecule has 3 heterocycles. The summed E-state index contributed by atoms with van der Waals surface area (Å²) in [7, 11) is -1.34. The average Bonchev–Trinajstić information content (AvgIpc) is 3.55. The van der Waals surface area contributed by atoms with Crippen LogP contribution in [0.1, 0.15) is 25.3 Å². The van der Waals surface area contributed by atoms with Crippen LogP contribution in [0.4, 0.5) is 0 Å². The normalized spacial score (nSPS) is 11.3. The smallest absolute Gasteiger partial charge is 0.0799 e. The molecule has 0 unspecified atom stereocenters. The van der Waals surface area contributed by atoms with E-state index in [1.807, 2.05) is 47.9 Å². The second-order valence-corrected chi connectivity index (χ2v) is 19.9. The Balaban J connectivity index is 0.000000194. The summed E-state index contributed by atoms with van der Waals surface area (Å²) in [5, 5.41) is 4.02. The van der Waals surface area contributed by atoms with Gasteiger partial charge in [0.25, 0.3) is 0 Å². The standard InChI is InChI=1S/C29H18NS.C17H22NSi.Ir/c1-3-9-20(10-4-1)22-17-18-30-27(19-22)26-16-8-15-25-24-14-7-13-23(28(24)31-29(25)26)21-11-5-2-6-12-21;1-13(2)15-11-16(14-9-7-6-8-10-14)18-12-17(15)19(3,4)5;/h1-15,17-19H;6-9,11-13H,1-5H3;/q2*-1;. The van der Waals surface area contributed by atoms with Crippen molar-refractivity contribution < 1.29 is 20.1 Å². The first-order valence-corrected chi connectivity index (χ1v) is 21.5. The first-order chi connectivity index (χ1) is 24.3. The minimum absolute atomic E-state index is 0. The molecule has 8 aromatic rings. The third-order valence-corrected chi connectivity index (χ3v) is 12.3. The maximum absolute atomic E-state index is 4.71. The number of nitrogens with zero attached hydrogens (tertiary/aromatic N) is 2. The van der Waals surface area contributed by atoms with Crippen LogP contribution in [0.2, 0.25) is 19.6 Å². The van der Waals surface area contributed by atoms with Gasteiger partial charge in [-0.05, 0) is 60.9 Å². The SMILES string of the molecule is CC(C)c1cc(-c2[c-]cccc2)ncc1[Si](C)(C)C.[Ir].[c-]1ccc2c(sc3c(-c4ccccc4)cccc32)c1-c1cc(-c2ccccc2)ccn1. The number of benzene rings is 5. The zero-order valence-corrected chi connectivity index (χ0v) is 33.8. The van der Waals surface area contributed by atoms with Gasteiger partial charge >= 0.3 is 0 Å². The van der Waals surface area contributed by atoms with Crippen LogP contribution in [0.3, 0.4) is 0 Å². The number of hydrogen-bond acceptors (Lipinski definition) is 3. The average molecular weight is 873 g/mol. The van der Waals surface area contributed by atoms with Crippen LogP contribution in [0, 0.1) is 12.1 Å². The molecule has 51 heavy (non-hydrogen) atoms. The summed E-state index contributed by atoms with van der Waals surface area (Å²) in [4.78, 5) is 9.37. The fourth-order valence-electron chi connectivity index (χ4n) is 6.45. The van der Waals surface area contributed by atoms with E-state index in [1.54, 1.807) is 0 Å². The van der Waals surface area contributed by atoms with Gasteiger partial charge in [-0.2, -0.15) is 11.3 Å². The topological polar surface area (TPSA) is 25.8 Å². The van der Waals surface area contributed by atoms with E-state index in [-0.39, 0.29) is 20.1 Å². The molecule has 2 nitrogen and oxygen atoms in total. The largest absolute Gasteiger partial charge is 0.305 e. The molecule has 0 spiro atoms. The van der Waals surface area contributed by atoms with Gasteiger partial charge < -0.3 is 9.97 Å². The molecular weight excluding hydrogens is 833 g/mol. The molecule has 5 heteroatoms. The monoisotopic (exact) mass is 873 g/mol. The second kappa shape index (κ2) is 15.8. The fraction of sp³-hybridized carbons (Fsp3) is 0.130. The second-order valence-electron chi connectivity index (χ2n) is 13.9. The van der Waals surface area contributed by atoms with Gasteiger partial charge in [-0.15, -0.1) is 59.7 Å². The van der Waals surface area contributed by atoms with Gasteiger partial charge in [-0.1, -0.05) is 135 Å². The Kier molecular flexibility index (Phi) is 11.2. The van der Waals surface area contributed by atoms with Crippen molar-refractivity contribution >= 4 is 44.8 Å². The molecule has 3 aromatic heterocycles. The van der Waals surface area contributed by atoms with Crippen LogP contribution < -0.4 is 5.19 Å². The fourth-order valence-corrected chi connectivity index (χ4v) is 9.47. The molecule has 0 bridgehead atoms. The van der Waals surface area contributed by atoms with Crippen molar-refractivity contribution in [2.24, 2.45) is 0 Å². The Morgan fingerprint density at radius 1 is 0.608 bits per heavy atom. The molecule has 0 aliphatic carbocycles. The van der Waals surface area contributed by atoms with Gasteiger partial charge in [0.15, 0.2) is 0 Å². The summed E-state index contributed by atoms with van der Waals surface area (Å²) >= 11 is 1.84. The van der Waals surface area contributed by atoms with Crippen LogP contribution in [0.15, 0.2) is 146 Å². The first-order valence-electron chi connectivity index (χ1n) is 17.2. The number of thiophene rings is 1. The molecular formula is C46H40IrN2SSi-2. The zero-order chi connectivity index (χ0) is 34.7. The van der Waals surface area contributed by atoms with Crippen molar-refractivity contribution in [1.29, 1.82) is 0 Å². The van der Waals surface area contributed by atoms with Crippen LogP contribution >= 0.6 is 11.3 Å². The molecule has 0 aliphatic heterocycles. The Labute approximate surface area is 320 Å². The van der Waals surface area contributed by atoms with Crippen LogP contribution in [0.25, 0.3) is 64.9 Å². The molecule has 8 rings (SSSR count). The molecule has 0 fully saturated rings. The molecule has 255 valence electrons. The first kappa shape index (κ1) is 36.3. The number of pyridine rings is 2. The molecule has 0 saturated carbocycles. The number of aromatic nitrogens is 2. The maximum atomic E-state index is 4.71. The molecule has 0 N–H and O–H groups in total. The number of hydrogen-bond donors (Lipinski definition) is 0. The summed E-state index contributed by atoms with van der Waals surface area (Å²) in [6.07, 6.45) is 3.99. The van der Waals surface area contributed by atoms with Gasteiger partial charge in [0.05, 0.1) is 8.07 Å². The molecule has 0 saturated heterocycles. The summed E-state index contributed by atoms with van der Waals surface area (Å²) in [6.45, 7) is 11.7. The summed E-state index contributed by atoms with van der Waals surface area (Å²) < 4.78 is 2.54. The Hall–Kier alpha value is -4.51. The van der Waals surface area contributed by atoms with Crippen LogP contribution in [0.5, 0.6) is 0 Å². The summed E-state index contributed by atoms with van der Waals surface area (Å²) in [5.74, 6) is 0.534. The number of fused-ring (bicyclic) bond motifs is 3. The van der Waals surface area contributed by atoms with Crippen LogP contribution in [-0.4, -0.2) is 18.0 Å². The zero-order valence-electron chi connectivity index (χ0n) is 29.6. The predicted octanol–water partition coefficient (Wildman–Crippen LogP) is 12.5. The third kappa shape index (κ3) is 7.88. The van der Waals surface area contributed by atoms with E-state index in [1.165, 1.54) is 53.2 Å². The van der Waals surface area contributed by atoms with E-state index in [0.717, 1.165) is 22.5 Å². The van der Waals surface area contributed by atoms with E-state index in [0.29, 0.717) is 5.92 Å². The van der Waals surface area contributed by atoms with Gasteiger partial charge in [0, 0.05) is 37.2 Å². The van der Waals surface area contributed by atoms with E-state index in [4.69, 9.17) is 4.98 Å². The van der Waals surface area contributed by atoms with Crippen molar-refractivity contribution in [3.8, 4) is 44.8 Å². The van der Waals surface area contributed by atoms with Crippen molar-refractivity contribution in [1.82, 2.24) is 9.97 Å². The van der Waals surface area contributed by atoms with Crippen molar-refractivity contribution in [2.75, 3.05) is 0 Å². The van der Waals surface area contributed by atoms with Gasteiger partial charge in [-0.3, -0.25) is 0 Å². The molecule has 1 radical (unpaired) electrons. The predicted molar refractivity (Wildman–Crippen MR) is 218 cm³/mol. The summed E-state index contributed by atoms with van der Waals surface area (Å²) in [6, 6.07) is 53.1. The molecule has 5 aromatic carbocycles. The van der Waals surface area contributed by atoms with Gasteiger partial charge in [-0.25, -0.2) is 0 Å². The van der Waals surface area contributed by atoms with E-state index in [9.17, 15) is 0 Å². The minimum atomic E-state index is -1.34. The number of rotatable bonds is 6. The quantitative estimate of drug-likeness (QED) is 0.123. The minimum Gasteiger partial charge on any atom is -0.305 e. The van der Waals surface area contributed by atoms with E-state index in [2.05, 4.69) is 160 Å². The maximum Gasteiger partial charge on any atom is 0.0799 e. The van der Waals surface area contributed by atoms with E-state index >= 15 is 0 Å². The van der Waals surface area contributed by atoms with Gasteiger partial charge in [0.1, 0.15) is 0 Å². The molecule has 0 atom stereocenters. The van der Waals surface area contributed by atoms with E-state index < -0.39 is 8.07 Å². The Morgan fingerprint density at radius 3 is 2.00 bits per heavy atom. The molecule has 0 amide bonds. The third-order valence-electron chi connectivity index (χ3n) is 9.02.